The van der Waals surface area contributed by atoms with Crippen molar-refractivity contribution in [2.75, 3.05) is 23.8 Å². The summed E-state index contributed by atoms with van der Waals surface area (Å²) in [5, 5.41) is 9.31. The van der Waals surface area contributed by atoms with Gasteiger partial charge in [0.15, 0.2) is 5.82 Å². The molecule has 6 nitrogen and oxygen atoms in total. The highest BCUT2D eigenvalue weighted by atomic mass is 35.5. The number of nitrogens with two attached hydrogens (primary N) is 1. The predicted molar refractivity (Wildman–Crippen MR) is 108 cm³/mol. The van der Waals surface area contributed by atoms with Gasteiger partial charge in [0.1, 0.15) is 5.69 Å². The van der Waals surface area contributed by atoms with E-state index in [4.69, 9.17) is 33.7 Å². The molecule has 1 aromatic heterocycles. The number of ether oxygens (including phenoxy) is 1. The number of nitrogen functional groups attached to an aromatic ring is 1. The van der Waals surface area contributed by atoms with Gasteiger partial charge in [-0.25, -0.2) is 0 Å². The van der Waals surface area contributed by atoms with E-state index in [9.17, 15) is 0 Å². The molecule has 8 heteroatoms. The third-order valence-corrected chi connectivity index (χ3v) is 4.48. The first kappa shape index (κ1) is 20.7. The van der Waals surface area contributed by atoms with Gasteiger partial charge in [0.25, 0.3) is 0 Å². The molecule has 0 aliphatic heterocycles. The van der Waals surface area contributed by atoms with Gasteiger partial charge in [-0.2, -0.15) is 4.98 Å². The van der Waals surface area contributed by atoms with Crippen LogP contribution in [0.2, 0.25) is 10.0 Å². The van der Waals surface area contributed by atoms with Crippen LogP contribution in [0.25, 0.3) is 11.3 Å². The number of hydrogen-bond acceptors (Lipinski definition) is 6. The van der Waals surface area contributed by atoms with Crippen molar-refractivity contribution < 1.29 is 4.74 Å². The van der Waals surface area contributed by atoms with Gasteiger partial charge >= 0.3 is 0 Å². The van der Waals surface area contributed by atoms with Crippen LogP contribution >= 0.6 is 23.2 Å². The second-order valence-electron chi connectivity index (χ2n) is 7.20. The fourth-order valence-corrected chi connectivity index (χ4v) is 2.76. The van der Waals surface area contributed by atoms with Gasteiger partial charge in [0.2, 0.25) is 5.95 Å². The Morgan fingerprint density at radius 1 is 1.19 bits per heavy atom. The van der Waals surface area contributed by atoms with E-state index in [2.05, 4.69) is 29.0 Å². The molecule has 0 atom stereocenters. The van der Waals surface area contributed by atoms with Crippen molar-refractivity contribution in [1.29, 1.82) is 0 Å². The SMILES string of the molecule is CC(C)N(CCOC(C)(C)C)c1nnc(-c2cccc(Cl)c2Cl)c(N)n1. The maximum Gasteiger partial charge on any atom is 0.247 e. The average Bonchev–Trinajstić information content (AvgIpc) is 2.53. The van der Waals surface area contributed by atoms with Crippen LogP contribution in [0.1, 0.15) is 34.6 Å². The molecule has 0 fully saturated rings. The highest BCUT2D eigenvalue weighted by Crippen LogP contribution is 2.34. The van der Waals surface area contributed by atoms with Gasteiger partial charge in [-0.3, -0.25) is 0 Å². The second-order valence-corrected chi connectivity index (χ2v) is 7.98. The molecule has 0 aliphatic rings. The summed E-state index contributed by atoms with van der Waals surface area (Å²) < 4.78 is 5.80. The van der Waals surface area contributed by atoms with Gasteiger partial charge in [-0.1, -0.05) is 35.3 Å². The van der Waals surface area contributed by atoms with Crippen molar-refractivity contribution in [1.82, 2.24) is 15.2 Å². The Morgan fingerprint density at radius 3 is 2.46 bits per heavy atom. The summed E-state index contributed by atoms with van der Waals surface area (Å²) in [6, 6.07) is 5.44. The Labute approximate surface area is 164 Å². The molecule has 0 radical (unpaired) electrons. The number of halogens is 2. The topological polar surface area (TPSA) is 77.2 Å². The standard InChI is InChI=1S/C18H25Cl2N5O/c1-11(2)25(9-10-26-18(3,4)5)17-22-16(21)15(23-24-17)12-7-6-8-13(19)14(12)20/h6-8,11H,9-10H2,1-5H3,(H2,21,22,24). The molecule has 2 aromatic rings. The number of hydrogen-bond donors (Lipinski definition) is 1. The number of benzene rings is 1. The van der Waals surface area contributed by atoms with Crippen molar-refractivity contribution in [3.8, 4) is 11.3 Å². The van der Waals surface area contributed by atoms with E-state index in [0.29, 0.717) is 40.4 Å². The van der Waals surface area contributed by atoms with E-state index in [0.717, 1.165) is 0 Å². The molecule has 0 unspecified atom stereocenters. The minimum atomic E-state index is -0.200. The van der Waals surface area contributed by atoms with E-state index >= 15 is 0 Å². The second kappa shape index (κ2) is 8.37. The van der Waals surface area contributed by atoms with Crippen molar-refractivity contribution in [2.24, 2.45) is 0 Å². The van der Waals surface area contributed by atoms with Crippen molar-refractivity contribution >= 4 is 35.0 Å². The first-order valence-electron chi connectivity index (χ1n) is 8.45. The quantitative estimate of drug-likeness (QED) is 0.774. The molecule has 142 valence electrons. The lowest BCUT2D eigenvalue weighted by atomic mass is 10.1. The Bertz CT molecular complexity index is 762. The van der Waals surface area contributed by atoms with E-state index < -0.39 is 0 Å². The van der Waals surface area contributed by atoms with Crippen LogP contribution in [0.3, 0.4) is 0 Å². The predicted octanol–water partition coefficient (Wildman–Crippen LogP) is 4.46. The Hall–Kier alpha value is -1.63. The number of anilines is 2. The van der Waals surface area contributed by atoms with Crippen molar-refractivity contribution in [2.45, 2.75) is 46.3 Å². The largest absolute Gasteiger partial charge is 0.382 e. The summed E-state index contributed by atoms with van der Waals surface area (Å²) in [6.07, 6.45) is 0. The van der Waals surface area contributed by atoms with Crippen LogP contribution in [-0.4, -0.2) is 40.0 Å². The zero-order chi connectivity index (χ0) is 19.5. The molecule has 2 N–H and O–H groups in total. The first-order chi connectivity index (χ1) is 12.1. The molecule has 2 rings (SSSR count). The summed E-state index contributed by atoms with van der Waals surface area (Å²) in [4.78, 5) is 6.43. The van der Waals surface area contributed by atoms with Crippen molar-refractivity contribution in [3.63, 3.8) is 0 Å². The van der Waals surface area contributed by atoms with Crippen molar-refractivity contribution in [3.05, 3.63) is 28.2 Å². The summed E-state index contributed by atoms with van der Waals surface area (Å²) in [5.74, 6) is 0.707. The minimum absolute atomic E-state index is 0.167. The molecule has 0 amide bonds. The first-order valence-corrected chi connectivity index (χ1v) is 9.21. The monoisotopic (exact) mass is 397 g/mol. The number of nitrogens with zero attached hydrogens (tertiary/aromatic N) is 4. The highest BCUT2D eigenvalue weighted by molar-refractivity contribution is 6.43. The molecule has 26 heavy (non-hydrogen) atoms. The number of rotatable bonds is 6. The maximum atomic E-state index is 6.25. The van der Waals surface area contributed by atoms with E-state index in [1.165, 1.54) is 0 Å². The smallest absolute Gasteiger partial charge is 0.247 e. The van der Waals surface area contributed by atoms with Crippen LogP contribution in [0.15, 0.2) is 18.2 Å². The highest BCUT2D eigenvalue weighted by Gasteiger charge is 2.19. The van der Waals surface area contributed by atoms with E-state index in [1.807, 2.05) is 25.7 Å². The fraction of sp³-hybridized carbons (Fsp3) is 0.500. The molecule has 0 aliphatic carbocycles. The zero-order valence-electron chi connectivity index (χ0n) is 15.8. The molecular weight excluding hydrogens is 373 g/mol. The third-order valence-electron chi connectivity index (χ3n) is 3.66. The Kier molecular flexibility index (Phi) is 6.66. The molecule has 0 saturated carbocycles. The molecule has 1 heterocycles. The molecule has 1 aromatic carbocycles. The molecule has 0 bridgehead atoms. The van der Waals surface area contributed by atoms with Crippen LogP contribution in [0.4, 0.5) is 11.8 Å². The van der Waals surface area contributed by atoms with Gasteiger partial charge in [0.05, 0.1) is 22.3 Å². The summed E-state index contributed by atoms with van der Waals surface area (Å²) >= 11 is 12.3. The van der Waals surface area contributed by atoms with Gasteiger partial charge < -0.3 is 15.4 Å². The van der Waals surface area contributed by atoms with Crippen LogP contribution < -0.4 is 10.6 Å². The lowest BCUT2D eigenvalue weighted by Crippen LogP contribution is -2.37. The molecular formula is C18H25Cl2N5O. The normalized spacial score (nSPS) is 11.8. The molecule has 0 saturated heterocycles. The summed E-state index contributed by atoms with van der Waals surface area (Å²) in [5.41, 5.74) is 6.95. The van der Waals surface area contributed by atoms with Crippen LogP contribution in [-0.2, 0) is 4.74 Å². The zero-order valence-corrected chi connectivity index (χ0v) is 17.3. The average molecular weight is 398 g/mol. The molecule has 0 spiro atoms. The van der Waals surface area contributed by atoms with E-state index in [1.54, 1.807) is 18.2 Å². The summed E-state index contributed by atoms with van der Waals surface area (Å²) in [7, 11) is 0. The number of aromatic nitrogens is 3. The van der Waals surface area contributed by atoms with Crippen LogP contribution in [0, 0.1) is 0 Å². The van der Waals surface area contributed by atoms with Gasteiger partial charge in [-0.05, 0) is 40.7 Å². The van der Waals surface area contributed by atoms with Crippen LogP contribution in [0.5, 0.6) is 0 Å². The van der Waals surface area contributed by atoms with Gasteiger partial charge in [-0.15, -0.1) is 10.2 Å². The lowest BCUT2D eigenvalue weighted by molar-refractivity contribution is 0.000875. The van der Waals surface area contributed by atoms with E-state index in [-0.39, 0.29) is 17.5 Å². The minimum Gasteiger partial charge on any atom is -0.382 e. The maximum absolute atomic E-state index is 6.25. The Morgan fingerprint density at radius 2 is 1.88 bits per heavy atom. The third kappa shape index (κ3) is 5.19. The Balaban J connectivity index is 2.27. The lowest BCUT2D eigenvalue weighted by Gasteiger charge is -2.28. The summed E-state index contributed by atoms with van der Waals surface area (Å²) in [6.45, 7) is 11.3. The fourth-order valence-electron chi connectivity index (χ4n) is 2.37. The van der Waals surface area contributed by atoms with Gasteiger partial charge in [0, 0.05) is 18.2 Å².